The molecule has 1 unspecified atom stereocenters. The molecule has 2 aromatic heterocycles. The first-order valence-electron chi connectivity index (χ1n) is 9.56. The van der Waals surface area contributed by atoms with Crippen LogP contribution in [0.5, 0.6) is 5.75 Å². The highest BCUT2D eigenvalue weighted by atomic mass is 127. The van der Waals surface area contributed by atoms with Crippen LogP contribution in [0.3, 0.4) is 0 Å². The van der Waals surface area contributed by atoms with Crippen molar-refractivity contribution in [2.75, 3.05) is 10.6 Å². The van der Waals surface area contributed by atoms with Crippen LogP contribution >= 0.6 is 45.7 Å². The molecular formula is C21H14F3IN4O3S2. The molecule has 0 radical (unpaired) electrons. The molecule has 0 aliphatic carbocycles. The van der Waals surface area contributed by atoms with Crippen LogP contribution in [-0.4, -0.2) is 21.8 Å². The van der Waals surface area contributed by atoms with Crippen molar-refractivity contribution in [3.05, 3.63) is 64.1 Å². The minimum Gasteiger partial charge on any atom is -0.425 e. The van der Waals surface area contributed by atoms with Crippen LogP contribution in [0, 0.1) is 0 Å². The van der Waals surface area contributed by atoms with Gasteiger partial charge in [-0.15, -0.1) is 11.3 Å². The first-order valence-corrected chi connectivity index (χ1v) is 12.2. The van der Waals surface area contributed by atoms with Crippen molar-refractivity contribution in [3.63, 3.8) is 0 Å². The lowest BCUT2D eigenvalue weighted by molar-refractivity contribution is -0.137. The fraction of sp³-hybridized carbons (Fsp3) is 0.143. The zero-order chi connectivity index (χ0) is 24.5. The fourth-order valence-corrected chi connectivity index (χ4v) is 4.84. The number of carbonyl (C=O) groups excluding carboxylic acids is 2. The van der Waals surface area contributed by atoms with E-state index >= 15 is 0 Å². The normalized spacial score (nSPS) is 12.4. The second-order valence-corrected chi connectivity index (χ2v) is 9.27. The van der Waals surface area contributed by atoms with E-state index < -0.39 is 29.5 Å². The molecule has 7 nitrogen and oxygen atoms in total. The van der Waals surface area contributed by atoms with Crippen LogP contribution in [0.15, 0.2) is 47.3 Å². The lowest BCUT2D eigenvalue weighted by atomic mass is 9.98. The smallest absolute Gasteiger partial charge is 0.416 e. The Balaban J connectivity index is 1.56. The Labute approximate surface area is 213 Å². The standard InChI is InChI=1S/C21H14F3IN4O3S2/c1-10(11-3-2-4-12(5-11)21(22,23)24)18(30)27-13-6-15(32-25)17-16(7-13)34-20(28-17)29-19(31)14-8-33-9-26-14/h2-10H,1H3,(H,27,30)(H,28,29,31). The van der Waals surface area contributed by atoms with E-state index in [1.807, 2.05) is 0 Å². The van der Waals surface area contributed by atoms with Crippen molar-refractivity contribution in [3.8, 4) is 5.75 Å². The van der Waals surface area contributed by atoms with Gasteiger partial charge in [-0.2, -0.15) is 13.2 Å². The number of nitrogens with one attached hydrogen (secondary N) is 2. The Kier molecular flexibility index (Phi) is 7.04. The van der Waals surface area contributed by atoms with Crippen LogP contribution in [0.2, 0.25) is 0 Å². The average Bonchev–Trinajstić information content (AvgIpc) is 3.47. The maximum Gasteiger partial charge on any atom is 0.416 e. The van der Waals surface area contributed by atoms with Crippen LogP contribution in [0.4, 0.5) is 24.0 Å². The van der Waals surface area contributed by atoms with Gasteiger partial charge in [-0.3, -0.25) is 14.9 Å². The molecule has 0 aliphatic rings. The van der Waals surface area contributed by atoms with Gasteiger partial charge in [0.15, 0.2) is 33.9 Å². The van der Waals surface area contributed by atoms with Gasteiger partial charge in [0, 0.05) is 17.1 Å². The summed E-state index contributed by atoms with van der Waals surface area (Å²) in [6, 6.07) is 7.88. The van der Waals surface area contributed by atoms with E-state index in [1.54, 1.807) is 46.0 Å². The summed E-state index contributed by atoms with van der Waals surface area (Å²) < 4.78 is 45.1. The van der Waals surface area contributed by atoms with Gasteiger partial charge in [-0.1, -0.05) is 29.5 Å². The molecule has 13 heteroatoms. The van der Waals surface area contributed by atoms with Gasteiger partial charge in [0.2, 0.25) is 5.91 Å². The Bertz CT molecular complexity index is 1360. The molecule has 0 aliphatic heterocycles. The number of hydrogen-bond donors (Lipinski definition) is 2. The second kappa shape index (κ2) is 9.84. The minimum atomic E-state index is -4.50. The van der Waals surface area contributed by atoms with Crippen LogP contribution in [0.25, 0.3) is 10.2 Å². The molecule has 1 atom stereocenters. The number of anilines is 2. The van der Waals surface area contributed by atoms with E-state index in [9.17, 15) is 22.8 Å². The average molecular weight is 618 g/mol. The van der Waals surface area contributed by atoms with Gasteiger partial charge >= 0.3 is 6.18 Å². The highest BCUT2D eigenvalue weighted by molar-refractivity contribution is 14.1. The molecule has 0 fully saturated rings. The predicted octanol–water partition coefficient (Wildman–Crippen LogP) is 6.49. The number of benzene rings is 2. The number of halogens is 4. The Morgan fingerprint density at radius 2 is 1.97 bits per heavy atom. The van der Waals surface area contributed by atoms with E-state index in [2.05, 4.69) is 20.6 Å². The Morgan fingerprint density at radius 3 is 2.65 bits per heavy atom. The first-order chi connectivity index (χ1) is 16.2. The summed E-state index contributed by atoms with van der Waals surface area (Å²) in [5.41, 5.74) is 2.10. The van der Waals surface area contributed by atoms with E-state index in [0.29, 0.717) is 26.8 Å². The highest BCUT2D eigenvalue weighted by Gasteiger charge is 2.31. The number of alkyl halides is 3. The van der Waals surface area contributed by atoms with Gasteiger partial charge in [0.25, 0.3) is 5.91 Å². The third-order valence-corrected chi connectivity index (χ3v) is 6.78. The molecule has 4 aromatic rings. The monoisotopic (exact) mass is 618 g/mol. The largest absolute Gasteiger partial charge is 0.425 e. The zero-order valence-corrected chi connectivity index (χ0v) is 20.9. The minimum absolute atomic E-state index is 0.239. The van der Waals surface area contributed by atoms with Crippen molar-refractivity contribution < 1.29 is 25.8 Å². The number of thiazole rings is 2. The summed E-state index contributed by atoms with van der Waals surface area (Å²) in [4.78, 5) is 33.4. The molecule has 4 rings (SSSR count). The van der Waals surface area contributed by atoms with Crippen LogP contribution in [-0.2, 0) is 11.0 Å². The summed E-state index contributed by atoms with van der Waals surface area (Å²) in [6.07, 6.45) is -4.50. The number of amides is 2. The van der Waals surface area contributed by atoms with E-state index in [1.165, 1.54) is 41.7 Å². The molecule has 2 heterocycles. The summed E-state index contributed by atoms with van der Waals surface area (Å²) in [6.45, 7) is 1.53. The van der Waals surface area contributed by atoms with E-state index in [0.717, 1.165) is 12.1 Å². The van der Waals surface area contributed by atoms with Crippen molar-refractivity contribution in [1.82, 2.24) is 9.97 Å². The molecule has 2 amide bonds. The molecule has 0 saturated heterocycles. The molecule has 0 saturated carbocycles. The SMILES string of the molecule is CC(C(=O)Nc1cc(OI)c2nc(NC(=O)c3cscn3)sc2c1)c1cccc(C(F)(F)F)c1. The van der Waals surface area contributed by atoms with E-state index in [4.69, 9.17) is 3.07 Å². The summed E-state index contributed by atoms with van der Waals surface area (Å²) in [7, 11) is 0. The summed E-state index contributed by atoms with van der Waals surface area (Å²) in [5, 5.41) is 7.33. The lowest BCUT2D eigenvalue weighted by Crippen LogP contribution is -2.19. The number of fused-ring (bicyclic) bond motifs is 1. The third-order valence-electron chi connectivity index (χ3n) is 4.80. The van der Waals surface area contributed by atoms with Crippen molar-refractivity contribution in [2.24, 2.45) is 0 Å². The van der Waals surface area contributed by atoms with Gasteiger partial charge in [0.05, 0.1) is 21.7 Å². The summed E-state index contributed by atoms with van der Waals surface area (Å²) >= 11 is 4.15. The molecular weight excluding hydrogens is 604 g/mol. The third kappa shape index (κ3) is 5.31. The van der Waals surface area contributed by atoms with Gasteiger partial charge in [-0.25, -0.2) is 9.97 Å². The molecule has 2 aromatic carbocycles. The van der Waals surface area contributed by atoms with Gasteiger partial charge in [0.1, 0.15) is 11.2 Å². The van der Waals surface area contributed by atoms with Crippen molar-refractivity contribution in [1.29, 1.82) is 0 Å². The van der Waals surface area contributed by atoms with Crippen LogP contribution < -0.4 is 13.7 Å². The number of carbonyl (C=O) groups is 2. The van der Waals surface area contributed by atoms with Crippen molar-refractivity contribution in [2.45, 2.75) is 19.0 Å². The fourth-order valence-electron chi connectivity index (χ4n) is 3.06. The predicted molar refractivity (Wildman–Crippen MR) is 133 cm³/mol. The molecule has 176 valence electrons. The molecule has 2 N–H and O–H groups in total. The number of aromatic nitrogens is 2. The first kappa shape index (κ1) is 24.3. The van der Waals surface area contributed by atoms with Gasteiger partial charge in [-0.05, 0) is 24.6 Å². The molecule has 34 heavy (non-hydrogen) atoms. The topological polar surface area (TPSA) is 93.2 Å². The number of hydrogen-bond acceptors (Lipinski definition) is 7. The summed E-state index contributed by atoms with van der Waals surface area (Å²) in [5.74, 6) is -1.37. The Hall–Kier alpha value is -2.78. The van der Waals surface area contributed by atoms with Gasteiger partial charge < -0.3 is 8.38 Å². The lowest BCUT2D eigenvalue weighted by Gasteiger charge is -2.15. The number of nitrogens with zero attached hydrogens (tertiary/aromatic N) is 2. The van der Waals surface area contributed by atoms with Crippen molar-refractivity contribution >= 4 is 78.5 Å². The second-order valence-electron chi connectivity index (χ2n) is 7.08. The highest BCUT2D eigenvalue weighted by Crippen LogP contribution is 2.37. The van der Waals surface area contributed by atoms with Crippen LogP contribution in [0.1, 0.15) is 34.5 Å². The quantitative estimate of drug-likeness (QED) is 0.241. The number of rotatable bonds is 6. The Morgan fingerprint density at radius 1 is 1.18 bits per heavy atom. The maximum absolute atomic E-state index is 13.0. The molecule has 0 spiro atoms. The van der Waals surface area contributed by atoms with E-state index in [-0.39, 0.29) is 11.3 Å². The zero-order valence-electron chi connectivity index (χ0n) is 17.1. The maximum atomic E-state index is 13.0. The molecule has 0 bridgehead atoms.